The van der Waals surface area contributed by atoms with Crippen LogP contribution in [0.25, 0.3) is 10.8 Å². The molecule has 6 aromatic rings. The number of halogens is 1. The Morgan fingerprint density at radius 3 is 1.74 bits per heavy atom. The number of nitrogens with one attached hydrogen (secondary N) is 9. The molecule has 1 aliphatic rings. The fourth-order valence-electron chi connectivity index (χ4n) is 13.0. The highest BCUT2D eigenvalue weighted by Gasteiger charge is 2.41. The summed E-state index contributed by atoms with van der Waals surface area (Å²) in [5.74, 6) is -9.40. The number of ketones is 1. The second-order valence-corrected chi connectivity index (χ2v) is 29.1. The number of likely N-dealkylation sites (N-methyl/N-ethyl adjacent to an activating group) is 1. The number of Topliss-reactive ketones (excluding diaryl/α,β-unsaturated/α-hetero) is 1. The number of rotatable bonds is 43. The van der Waals surface area contributed by atoms with Gasteiger partial charge in [-0.1, -0.05) is 119 Å². The Kier molecular flexibility index (Phi) is 34.0. The second-order valence-electron chi connectivity index (χ2n) is 28.6. The summed E-state index contributed by atoms with van der Waals surface area (Å²) in [4.78, 5) is 193. The van der Waals surface area contributed by atoms with Crippen molar-refractivity contribution in [1.29, 1.82) is 0 Å². The van der Waals surface area contributed by atoms with Gasteiger partial charge in [0.15, 0.2) is 5.78 Å². The number of benzene rings is 4. The molecule has 3 heterocycles. The van der Waals surface area contributed by atoms with E-state index in [1.807, 2.05) is 56.3 Å². The van der Waals surface area contributed by atoms with E-state index < -0.39 is 143 Å². The number of non-ortho nitro benzene ring substituents is 1. The van der Waals surface area contributed by atoms with E-state index in [2.05, 4.69) is 57.8 Å². The van der Waals surface area contributed by atoms with E-state index in [9.17, 15) is 58.4 Å². The van der Waals surface area contributed by atoms with Gasteiger partial charge in [0, 0.05) is 106 Å². The van der Waals surface area contributed by atoms with E-state index in [1.165, 1.54) is 74.8 Å². The molecule has 0 spiro atoms. The minimum atomic E-state index is -1.88. The SMILES string of the molecule is CC(=O)NC(Cc1ccc2ccccc2c1)C(=O)NC(Cc1ccc(Cl)cc1)C(=O)NC(Cc1cccnc1)C(=O)NC(CO)C(=O)N(C)C(Cc1ccc([N+](=O)[O-])cc1)C(=O)NC(CCCCC(=O)c1cccnc1)C(=O)NC(CC(C)C)C(=O)NC(CCCCNC(C)C)C(=O)N1CCCC1C(=O)NC(C)C(N)=O. The van der Waals surface area contributed by atoms with Gasteiger partial charge in [0.1, 0.15) is 60.4 Å². The normalized spacial score (nSPS) is 15.1. The zero-order valence-corrected chi connectivity index (χ0v) is 64.3. The summed E-state index contributed by atoms with van der Waals surface area (Å²) in [6, 6.07) is 17.4. The van der Waals surface area contributed by atoms with Crippen LogP contribution in [0.4, 0.5) is 5.69 Å². The van der Waals surface area contributed by atoms with E-state index in [1.54, 1.807) is 62.4 Å². The van der Waals surface area contributed by atoms with Gasteiger partial charge in [-0.15, -0.1) is 0 Å². The maximum Gasteiger partial charge on any atom is 0.269 e. The van der Waals surface area contributed by atoms with E-state index >= 15 is 14.4 Å². The number of unbranched alkanes of at least 4 members (excludes halogenated alkanes) is 2. The van der Waals surface area contributed by atoms with Crippen LogP contribution in [0.15, 0.2) is 140 Å². The summed E-state index contributed by atoms with van der Waals surface area (Å²) in [6.45, 7) is 9.89. The molecule has 11 amide bonds. The number of aromatic nitrogens is 2. The van der Waals surface area contributed by atoms with Gasteiger partial charge in [-0.25, -0.2) is 0 Å². The Bertz CT molecular complexity index is 4200. The minimum Gasteiger partial charge on any atom is -0.394 e. The van der Waals surface area contributed by atoms with E-state index in [0.29, 0.717) is 53.1 Å². The summed E-state index contributed by atoms with van der Waals surface area (Å²) >= 11 is 6.26. The van der Waals surface area contributed by atoms with Crippen LogP contribution in [0.3, 0.4) is 0 Å². The summed E-state index contributed by atoms with van der Waals surface area (Å²) in [7, 11) is 1.19. The number of aliphatic hydroxyl groups excluding tert-OH is 1. The Morgan fingerprint density at radius 1 is 0.595 bits per heavy atom. The summed E-state index contributed by atoms with van der Waals surface area (Å²) in [6.07, 6.45) is 7.04. The fraction of sp³-hybridized carbons (Fsp3) is 0.450. The molecule has 10 unspecified atom stereocenters. The molecule has 12 N–H and O–H groups in total. The topological polar surface area (TPSA) is 435 Å². The number of hydrogen-bond acceptors (Lipinski definition) is 18. The lowest BCUT2D eigenvalue weighted by Crippen LogP contribution is -2.62. The molecule has 7 rings (SSSR count). The van der Waals surface area contributed by atoms with Crippen molar-refractivity contribution in [3.63, 3.8) is 0 Å². The number of nitrogens with two attached hydrogens (primary N) is 1. The lowest BCUT2D eigenvalue weighted by Gasteiger charge is -2.33. The Morgan fingerprint density at radius 2 is 1.14 bits per heavy atom. The molecule has 1 saturated heterocycles. The van der Waals surface area contributed by atoms with E-state index in [4.69, 9.17) is 17.3 Å². The van der Waals surface area contributed by atoms with Gasteiger partial charge < -0.3 is 68.5 Å². The number of amides is 11. The Labute approximate surface area is 650 Å². The Balaban J connectivity index is 1.18. The predicted octanol–water partition coefficient (Wildman–Crippen LogP) is 4.33. The fourth-order valence-corrected chi connectivity index (χ4v) is 13.1. The third kappa shape index (κ3) is 27.5. The predicted molar refractivity (Wildman–Crippen MR) is 415 cm³/mol. The van der Waals surface area contributed by atoms with Crippen molar-refractivity contribution in [2.45, 2.75) is 198 Å². The number of aliphatic hydroxyl groups is 1. The van der Waals surface area contributed by atoms with Crippen molar-refractivity contribution in [3.05, 3.63) is 183 Å². The number of nitrogens with zero attached hydrogens (tertiary/aromatic N) is 5. The van der Waals surface area contributed by atoms with Crippen molar-refractivity contribution in [1.82, 2.24) is 67.6 Å². The standard InChI is InChI=1S/C80H102ClN15O15/c1-48(2)39-63(73(102)89-62(22-12-13-37-85-49(3)4)80(109)95-38-16-23-68(95)77(106)86-50(5)71(82)100)90-72(101)61(21-10-11-24-70(99)58-20-15-36-84-46-58)88-78(107)69(44-53-28-33-60(34-29-53)96(110)111)94(7)79(108)67(47-97)93-76(105)66(43-55-17-14-35-83-45-55)92-75(104)65(41-52-26-31-59(81)32-27-52)91-74(103)64(87-51(6)98)42-54-25-30-56-18-8-9-19-57(56)40-54/h8-9,14-15,17-20,25-36,40,45-46,48-50,61-69,85,97H,10-13,16,21-24,37-39,41-44,47H2,1-7H3,(H2,82,100)(H,86,106)(H,87,98)(H,88,107)(H,89,102)(H,90,101)(H,91,103)(H,92,104)(H,93,105). The van der Waals surface area contributed by atoms with Crippen LogP contribution in [-0.4, -0.2) is 194 Å². The van der Waals surface area contributed by atoms with Gasteiger partial charge in [0.25, 0.3) is 5.69 Å². The molecule has 4 aromatic carbocycles. The first-order valence-corrected chi connectivity index (χ1v) is 37.7. The van der Waals surface area contributed by atoms with Gasteiger partial charge in [-0.2, -0.15) is 0 Å². The zero-order valence-electron chi connectivity index (χ0n) is 63.6. The molecular formula is C80H102ClN15O15. The number of nitro benzene ring substituents is 1. The van der Waals surface area contributed by atoms with Crippen LogP contribution in [0.5, 0.6) is 0 Å². The van der Waals surface area contributed by atoms with Crippen LogP contribution in [0.1, 0.15) is 138 Å². The van der Waals surface area contributed by atoms with Crippen LogP contribution < -0.4 is 53.6 Å². The molecule has 1 aliphatic heterocycles. The van der Waals surface area contributed by atoms with Gasteiger partial charge in [0.05, 0.1) is 11.5 Å². The van der Waals surface area contributed by atoms with Crippen molar-refractivity contribution in [2.24, 2.45) is 11.7 Å². The minimum absolute atomic E-state index is 0.00566. The number of hydrogen-bond donors (Lipinski definition) is 11. The van der Waals surface area contributed by atoms with Crippen LogP contribution in [0, 0.1) is 16.0 Å². The highest BCUT2D eigenvalue weighted by Crippen LogP contribution is 2.24. The highest BCUT2D eigenvalue weighted by atomic mass is 35.5. The van der Waals surface area contributed by atoms with Crippen LogP contribution in [-0.2, 0) is 78.4 Å². The van der Waals surface area contributed by atoms with Crippen LogP contribution in [0.2, 0.25) is 5.02 Å². The molecule has 2 aromatic heterocycles. The molecular weight excluding hydrogens is 1450 g/mol. The van der Waals surface area contributed by atoms with Crippen LogP contribution >= 0.6 is 11.6 Å². The maximum atomic E-state index is 15.4. The number of likely N-dealkylation sites (tertiary alicyclic amines) is 1. The number of fused-ring (bicyclic) bond motifs is 1. The number of pyridine rings is 2. The van der Waals surface area contributed by atoms with Crippen molar-refractivity contribution in [3.8, 4) is 0 Å². The summed E-state index contributed by atoms with van der Waals surface area (Å²) in [5.41, 5.74) is 7.40. The molecule has 0 aliphatic carbocycles. The highest BCUT2D eigenvalue weighted by molar-refractivity contribution is 6.30. The first-order chi connectivity index (χ1) is 53.0. The van der Waals surface area contributed by atoms with Crippen molar-refractivity contribution < 1.29 is 67.6 Å². The second kappa shape index (κ2) is 43.3. The zero-order chi connectivity index (χ0) is 80.8. The number of carbonyl (C=O) groups is 12. The molecule has 1 fully saturated rings. The number of carbonyl (C=O) groups excluding carboxylic acids is 12. The quantitative estimate of drug-likeness (QED) is 0.0110. The van der Waals surface area contributed by atoms with E-state index in [-0.39, 0.29) is 99.7 Å². The summed E-state index contributed by atoms with van der Waals surface area (Å²) < 4.78 is 0. The molecule has 0 saturated carbocycles. The number of nitro groups is 1. The molecule has 10 atom stereocenters. The molecule has 111 heavy (non-hydrogen) atoms. The largest absolute Gasteiger partial charge is 0.394 e. The van der Waals surface area contributed by atoms with Gasteiger partial charge in [-0.05, 0) is 134 Å². The molecule has 30 nitrogen and oxygen atoms in total. The third-order valence-electron chi connectivity index (χ3n) is 19.0. The molecule has 0 bridgehead atoms. The molecule has 594 valence electrons. The van der Waals surface area contributed by atoms with Crippen molar-refractivity contribution in [2.75, 3.05) is 26.7 Å². The van der Waals surface area contributed by atoms with Crippen molar-refractivity contribution >= 4 is 98.8 Å². The average Bonchev–Trinajstić information content (AvgIpc) is 1.82. The average molecular weight is 1550 g/mol. The maximum absolute atomic E-state index is 15.4. The molecule has 31 heteroatoms. The van der Waals surface area contributed by atoms with Gasteiger partial charge >= 0.3 is 0 Å². The van der Waals surface area contributed by atoms with Gasteiger partial charge in [-0.3, -0.25) is 77.6 Å². The lowest BCUT2D eigenvalue weighted by molar-refractivity contribution is -0.384. The first kappa shape index (κ1) is 87.1. The smallest absolute Gasteiger partial charge is 0.269 e. The Hall–Kier alpha value is -11.1. The third-order valence-corrected chi connectivity index (χ3v) is 19.3. The van der Waals surface area contributed by atoms with Gasteiger partial charge in [0.2, 0.25) is 65.0 Å². The molecule has 0 radical (unpaired) electrons. The summed E-state index contributed by atoms with van der Waals surface area (Å²) in [5, 5.41) is 50.3. The van der Waals surface area contributed by atoms with E-state index in [0.717, 1.165) is 15.7 Å². The first-order valence-electron chi connectivity index (χ1n) is 37.4. The lowest BCUT2D eigenvalue weighted by atomic mass is 9.99. The number of primary amides is 1. The monoisotopic (exact) mass is 1550 g/mol.